The Balaban J connectivity index is 1.60. The molecule has 4 fully saturated rings. The fraction of sp³-hybridized carbons (Fsp3) is 0.867. The second-order valence-corrected chi connectivity index (χ2v) is 14.6. The van der Waals surface area contributed by atoms with Crippen molar-refractivity contribution in [2.45, 2.75) is 106 Å². The highest BCUT2D eigenvalue weighted by Gasteiger charge is 2.69. The van der Waals surface area contributed by atoms with Crippen molar-refractivity contribution >= 4 is 11.8 Å². The normalized spacial score (nSPS) is 53.1. The number of ketones is 1. The van der Waals surface area contributed by atoms with Crippen molar-refractivity contribution in [2.75, 3.05) is 0 Å². The number of fused-ring (bicyclic) bond motifs is 7. The second kappa shape index (κ2) is 6.97. The minimum Gasteiger partial charge on any atom is -0.481 e. The van der Waals surface area contributed by atoms with Crippen molar-refractivity contribution < 1.29 is 14.7 Å². The minimum absolute atomic E-state index is 0.00465. The summed E-state index contributed by atoms with van der Waals surface area (Å²) in [5, 5.41) is 9.99. The standard InChI is InChI=1S/C30H46O3/c1-18-8-13-28(5)23(26(18,2)3)11-15-30(7)24(28)22(31)16-21-20-17-27(4,25(32)33)12-9-19(20)10-14-29(21,30)6/h16,18-20,23-24H,8-15,17H2,1-7H3,(H,32,33)/t18-,19+,20+,23+,24-,27-,28-,29+,30+/m0/s1. The zero-order valence-electron chi connectivity index (χ0n) is 22.1. The largest absolute Gasteiger partial charge is 0.481 e. The van der Waals surface area contributed by atoms with Gasteiger partial charge >= 0.3 is 5.97 Å². The van der Waals surface area contributed by atoms with Crippen molar-refractivity contribution in [3.8, 4) is 0 Å². The number of carbonyl (C=O) groups excluding carboxylic acids is 1. The van der Waals surface area contributed by atoms with E-state index < -0.39 is 11.4 Å². The average Bonchev–Trinajstić information content (AvgIpc) is 2.72. The predicted octanol–water partition coefficient (Wildman–Crippen LogP) is 7.30. The van der Waals surface area contributed by atoms with Crippen LogP contribution >= 0.6 is 0 Å². The molecule has 0 aromatic carbocycles. The molecule has 33 heavy (non-hydrogen) atoms. The fourth-order valence-electron chi connectivity index (χ4n) is 10.4. The first-order valence-corrected chi connectivity index (χ1v) is 13.7. The molecule has 1 N–H and O–H groups in total. The van der Waals surface area contributed by atoms with Crippen LogP contribution in [0, 0.1) is 56.7 Å². The number of rotatable bonds is 1. The third-order valence-corrected chi connectivity index (χ3v) is 13.0. The van der Waals surface area contributed by atoms with Crippen molar-refractivity contribution in [2.24, 2.45) is 56.7 Å². The third-order valence-electron chi connectivity index (χ3n) is 13.0. The van der Waals surface area contributed by atoms with E-state index in [1.807, 2.05) is 6.92 Å². The molecule has 0 unspecified atom stereocenters. The highest BCUT2D eigenvalue weighted by molar-refractivity contribution is 5.95. The van der Waals surface area contributed by atoms with E-state index in [2.05, 4.69) is 47.6 Å². The van der Waals surface area contributed by atoms with Crippen molar-refractivity contribution in [1.29, 1.82) is 0 Å². The van der Waals surface area contributed by atoms with Crippen molar-refractivity contribution in [3.05, 3.63) is 11.6 Å². The maximum absolute atomic E-state index is 14.2. The molecule has 0 heterocycles. The molecule has 184 valence electrons. The Morgan fingerprint density at radius 2 is 1.61 bits per heavy atom. The molecule has 3 nitrogen and oxygen atoms in total. The van der Waals surface area contributed by atoms with Crippen LogP contribution in [0.1, 0.15) is 106 Å². The third kappa shape index (κ3) is 2.86. The van der Waals surface area contributed by atoms with Crippen LogP contribution in [0.5, 0.6) is 0 Å². The van der Waals surface area contributed by atoms with Crippen molar-refractivity contribution in [3.63, 3.8) is 0 Å². The molecule has 0 aliphatic heterocycles. The summed E-state index contributed by atoms with van der Waals surface area (Å²) < 4.78 is 0. The van der Waals surface area contributed by atoms with E-state index in [-0.39, 0.29) is 33.5 Å². The smallest absolute Gasteiger partial charge is 0.309 e. The van der Waals surface area contributed by atoms with Gasteiger partial charge in [-0.3, -0.25) is 9.59 Å². The van der Waals surface area contributed by atoms with Gasteiger partial charge in [0.05, 0.1) is 5.41 Å². The van der Waals surface area contributed by atoms with Gasteiger partial charge < -0.3 is 5.11 Å². The predicted molar refractivity (Wildman–Crippen MR) is 132 cm³/mol. The Labute approximate surface area is 201 Å². The molecule has 5 aliphatic rings. The number of carboxylic acid groups (broad SMARTS) is 1. The van der Waals surface area contributed by atoms with Crippen LogP contribution < -0.4 is 0 Å². The summed E-state index contributed by atoms with van der Waals surface area (Å²) >= 11 is 0. The Bertz CT molecular complexity index is 916. The maximum atomic E-state index is 14.2. The first-order valence-electron chi connectivity index (χ1n) is 13.7. The van der Waals surface area contributed by atoms with Gasteiger partial charge in [-0.2, -0.15) is 0 Å². The maximum Gasteiger partial charge on any atom is 0.309 e. The lowest BCUT2D eigenvalue weighted by Crippen LogP contribution is -2.65. The van der Waals surface area contributed by atoms with Gasteiger partial charge in [0.25, 0.3) is 0 Å². The number of carbonyl (C=O) groups is 2. The molecular weight excluding hydrogens is 408 g/mol. The number of carboxylic acids is 1. The van der Waals surface area contributed by atoms with Gasteiger partial charge in [-0.05, 0) is 116 Å². The summed E-state index contributed by atoms with van der Waals surface area (Å²) in [5.74, 6) is 1.90. The molecule has 0 radical (unpaired) electrons. The number of aliphatic carboxylic acids is 1. The first-order chi connectivity index (χ1) is 15.2. The van der Waals surface area contributed by atoms with Gasteiger partial charge in [-0.25, -0.2) is 0 Å². The first kappa shape index (κ1) is 23.6. The lowest BCUT2D eigenvalue weighted by Gasteiger charge is -2.69. The lowest BCUT2D eigenvalue weighted by molar-refractivity contribution is -0.189. The molecule has 0 saturated heterocycles. The van der Waals surface area contributed by atoms with E-state index in [1.165, 1.54) is 24.8 Å². The summed E-state index contributed by atoms with van der Waals surface area (Å²) in [6.45, 7) is 16.6. The molecule has 0 spiro atoms. The van der Waals surface area contributed by atoms with Crippen LogP contribution in [0.15, 0.2) is 11.6 Å². The summed E-state index contributed by atoms with van der Waals surface area (Å²) in [6.07, 6.45) is 11.6. The fourth-order valence-corrected chi connectivity index (χ4v) is 10.4. The minimum atomic E-state index is -0.661. The molecule has 4 saturated carbocycles. The van der Waals surface area contributed by atoms with E-state index in [1.54, 1.807) is 0 Å². The highest BCUT2D eigenvalue weighted by atomic mass is 16.4. The topological polar surface area (TPSA) is 54.4 Å². The zero-order chi connectivity index (χ0) is 24.2. The molecule has 3 heteroatoms. The second-order valence-electron chi connectivity index (χ2n) is 14.6. The van der Waals surface area contributed by atoms with Crippen molar-refractivity contribution in [1.82, 2.24) is 0 Å². The van der Waals surface area contributed by atoms with Crippen LogP contribution in [-0.4, -0.2) is 16.9 Å². The van der Waals surface area contributed by atoms with Gasteiger partial charge in [0.1, 0.15) is 0 Å². The van der Waals surface area contributed by atoms with Crippen LogP contribution in [0.4, 0.5) is 0 Å². The summed E-state index contributed by atoms with van der Waals surface area (Å²) in [7, 11) is 0. The molecule has 5 rings (SSSR count). The Morgan fingerprint density at radius 3 is 2.27 bits per heavy atom. The highest BCUT2D eigenvalue weighted by Crippen LogP contribution is 2.74. The van der Waals surface area contributed by atoms with Gasteiger partial charge in [0.15, 0.2) is 5.78 Å². The molecular formula is C30H46O3. The van der Waals surface area contributed by atoms with Gasteiger partial charge in [0.2, 0.25) is 0 Å². The number of hydrogen-bond acceptors (Lipinski definition) is 2. The van der Waals surface area contributed by atoms with Gasteiger partial charge in [-0.15, -0.1) is 0 Å². The molecule has 0 aromatic heterocycles. The van der Waals surface area contributed by atoms with E-state index in [9.17, 15) is 14.7 Å². The zero-order valence-corrected chi connectivity index (χ0v) is 22.1. The van der Waals surface area contributed by atoms with Gasteiger partial charge in [0, 0.05) is 5.92 Å². The van der Waals surface area contributed by atoms with E-state index in [0.717, 1.165) is 32.1 Å². The molecule has 0 bridgehead atoms. The Kier molecular flexibility index (Phi) is 4.99. The molecule has 0 amide bonds. The molecule has 9 atom stereocenters. The van der Waals surface area contributed by atoms with Gasteiger partial charge in [-0.1, -0.05) is 47.1 Å². The Morgan fingerprint density at radius 1 is 0.939 bits per heavy atom. The number of hydrogen-bond donors (Lipinski definition) is 1. The van der Waals surface area contributed by atoms with Crippen LogP contribution in [0.2, 0.25) is 0 Å². The van der Waals surface area contributed by atoms with Crippen LogP contribution in [0.3, 0.4) is 0 Å². The quantitative estimate of drug-likeness (QED) is 0.452. The lowest BCUT2D eigenvalue weighted by atomic mass is 9.34. The van der Waals surface area contributed by atoms with E-state index in [4.69, 9.17) is 0 Å². The summed E-state index contributed by atoms with van der Waals surface area (Å²) in [5.41, 5.74) is 0.977. The molecule has 0 aromatic rings. The number of allylic oxidation sites excluding steroid dienone is 2. The van der Waals surface area contributed by atoms with E-state index >= 15 is 0 Å². The van der Waals surface area contributed by atoms with E-state index in [0.29, 0.717) is 30.0 Å². The van der Waals surface area contributed by atoms with Crippen LogP contribution in [0.25, 0.3) is 0 Å². The summed E-state index contributed by atoms with van der Waals surface area (Å²) in [4.78, 5) is 26.3. The monoisotopic (exact) mass is 454 g/mol. The Hall–Kier alpha value is -1.12. The summed E-state index contributed by atoms with van der Waals surface area (Å²) in [6, 6.07) is 0. The van der Waals surface area contributed by atoms with Crippen LogP contribution in [-0.2, 0) is 9.59 Å². The molecule has 5 aliphatic carbocycles. The SMILES string of the molecule is C[C@H]1CC[C@@]2(C)[C@H](CC[C@]3(C)[C@H]2C(=O)C=C2[C@@H]4C[C@@](C)(C(=O)O)CC[C@@H]4CC[C@]23C)C1(C)C. The average molecular weight is 455 g/mol.